The van der Waals surface area contributed by atoms with Gasteiger partial charge in [-0.25, -0.2) is 14.5 Å². The summed E-state index contributed by atoms with van der Waals surface area (Å²) in [5.74, 6) is -0.378. The molecule has 3 aromatic rings. The second-order valence-corrected chi connectivity index (χ2v) is 17.2. The number of methoxy groups -OCH3 is 2. The number of carbonyl (C=O) groups excluding carboxylic acids is 3. The van der Waals surface area contributed by atoms with Crippen LogP contribution in [0.5, 0.6) is 40.2 Å². The molecule has 0 aliphatic carbocycles. The lowest BCUT2D eigenvalue weighted by atomic mass is 9.72. The standard InChI is InChI=1S/C45H45N4O14S/c1-8-57-43(53)48-11-10-23-14-30(63-44(54)58-9-2)29(55-6)15-25(23)45(48)18-64-41-33-32(40-39(60-19-61-40)21(4)38(33)62-22(5)50)28(17-59-42(45)52)49-27(16-46)26-13-24-12-20(3)37(56-7)36(51)31(24)34(47-26)35(41)49/h8-9,12,14-15,26-28,34-35,41,43,51,53H,1-2,10-11,13,17-19H2,3-7H3/q-1/t26-,27-,28?,34+,35?,41+,43?,45+/m0/s1. The number of thioether (sulfide) groups is 1. The van der Waals surface area contributed by atoms with E-state index in [2.05, 4.69) is 19.2 Å². The number of fused-ring (bicyclic) bond motifs is 9. The van der Waals surface area contributed by atoms with Gasteiger partial charge in [0, 0.05) is 47.2 Å². The van der Waals surface area contributed by atoms with Gasteiger partial charge in [-0.2, -0.15) is 5.26 Å². The smallest absolute Gasteiger partial charge is 0.518 e. The Morgan fingerprint density at radius 3 is 2.52 bits per heavy atom. The van der Waals surface area contributed by atoms with Gasteiger partial charge in [-0.3, -0.25) is 9.69 Å². The SMILES string of the molecule is C=COC(=O)Oc1cc2c(cc1OC)[C@@]1(CS[C@@H]3c4c(OC(C)=O)c(C)c5c(c4C(COC1=O)N1C3[C@@H]3[N-][C@@H](Cc4cc(C)c(OC)c(O)c43)[C@@H]1C#N)OCO5)N(C(O)OC=C)CC2. The molecule has 64 heavy (non-hydrogen) atoms. The summed E-state index contributed by atoms with van der Waals surface area (Å²) < 4.78 is 52.2. The zero-order valence-corrected chi connectivity index (χ0v) is 36.4. The maximum atomic E-state index is 15.4. The fourth-order valence-corrected chi connectivity index (χ4v) is 12.3. The second kappa shape index (κ2) is 16.4. The molecule has 3 unspecified atom stereocenters. The lowest BCUT2D eigenvalue weighted by Gasteiger charge is -2.65. The number of phenolic OH excluding ortho intramolecular Hbond substituents is 1. The maximum absolute atomic E-state index is 15.4. The van der Waals surface area contributed by atoms with Gasteiger partial charge >= 0.3 is 18.1 Å². The Labute approximate surface area is 372 Å². The van der Waals surface area contributed by atoms with E-state index in [1.807, 2.05) is 17.9 Å². The van der Waals surface area contributed by atoms with E-state index in [4.69, 9.17) is 47.9 Å². The van der Waals surface area contributed by atoms with Crippen LogP contribution in [-0.2, 0) is 42.2 Å². The van der Waals surface area contributed by atoms with Gasteiger partial charge in [-0.1, -0.05) is 25.3 Å². The molecular formula is C45H45N4O14S-. The molecule has 7 heterocycles. The van der Waals surface area contributed by atoms with E-state index in [1.165, 1.54) is 37.8 Å². The first-order valence-corrected chi connectivity index (χ1v) is 21.5. The quantitative estimate of drug-likeness (QED) is 0.0933. The van der Waals surface area contributed by atoms with Crippen LogP contribution in [0, 0.1) is 25.2 Å². The van der Waals surface area contributed by atoms with Crippen molar-refractivity contribution < 1.29 is 67.2 Å². The molecule has 18 nitrogen and oxygen atoms in total. The molecular weight excluding hydrogens is 853 g/mol. The normalized spacial score (nSPS) is 26.7. The number of phenols is 1. The summed E-state index contributed by atoms with van der Waals surface area (Å²) in [6, 6.07) is 3.68. The Bertz CT molecular complexity index is 2540. The summed E-state index contributed by atoms with van der Waals surface area (Å²) in [4.78, 5) is 44.5. The molecule has 10 rings (SSSR count). The van der Waals surface area contributed by atoms with Crippen LogP contribution in [0.4, 0.5) is 4.79 Å². The molecule has 2 fully saturated rings. The van der Waals surface area contributed by atoms with Crippen LogP contribution in [0.15, 0.2) is 43.9 Å². The van der Waals surface area contributed by atoms with Crippen molar-refractivity contribution in [1.29, 1.82) is 5.26 Å². The third kappa shape index (κ3) is 6.41. The molecule has 0 aromatic heterocycles. The van der Waals surface area contributed by atoms with Crippen LogP contribution in [0.1, 0.15) is 68.8 Å². The topological polar surface area (TPSA) is 219 Å². The maximum Gasteiger partial charge on any atom is 0.518 e. The van der Waals surface area contributed by atoms with Crippen LogP contribution in [0.2, 0.25) is 0 Å². The summed E-state index contributed by atoms with van der Waals surface area (Å²) in [7, 11) is 2.84. The van der Waals surface area contributed by atoms with Crippen molar-refractivity contribution in [3.05, 3.63) is 93.7 Å². The van der Waals surface area contributed by atoms with Gasteiger partial charge < -0.3 is 58.2 Å². The number of piperazine rings is 1. The Hall–Kier alpha value is -6.17. The molecule has 3 aromatic carbocycles. The summed E-state index contributed by atoms with van der Waals surface area (Å²) in [6.45, 7) is 11.5. The van der Waals surface area contributed by atoms with Crippen molar-refractivity contribution >= 4 is 29.9 Å². The number of aliphatic hydroxyl groups is 1. The summed E-state index contributed by atoms with van der Waals surface area (Å²) in [6.07, 6.45) is -0.230. The van der Waals surface area contributed by atoms with E-state index < -0.39 is 65.5 Å². The van der Waals surface area contributed by atoms with Gasteiger partial charge in [0.15, 0.2) is 40.0 Å². The van der Waals surface area contributed by atoms with E-state index in [1.54, 1.807) is 19.1 Å². The number of nitriles is 1. The van der Waals surface area contributed by atoms with Crippen molar-refractivity contribution in [3.8, 4) is 46.3 Å². The Kier molecular flexibility index (Phi) is 11.1. The number of nitrogens with zero attached hydrogens (tertiary/aromatic N) is 4. The minimum absolute atomic E-state index is 0.00373. The van der Waals surface area contributed by atoms with Crippen LogP contribution in [-0.4, -0.2) is 103 Å². The molecule has 1 spiro atoms. The predicted molar refractivity (Wildman–Crippen MR) is 225 cm³/mol. The Morgan fingerprint density at radius 2 is 1.81 bits per heavy atom. The monoisotopic (exact) mass is 897 g/mol. The number of aromatic hydroxyl groups is 1. The van der Waals surface area contributed by atoms with E-state index in [9.17, 15) is 25.1 Å². The van der Waals surface area contributed by atoms with Crippen LogP contribution >= 0.6 is 11.8 Å². The average molecular weight is 898 g/mol. The number of aliphatic hydroxyl groups excluding tert-OH is 1. The predicted octanol–water partition coefficient (Wildman–Crippen LogP) is 5.53. The van der Waals surface area contributed by atoms with E-state index >= 15 is 4.79 Å². The number of benzene rings is 3. The van der Waals surface area contributed by atoms with Gasteiger partial charge in [-0.05, 0) is 66.6 Å². The zero-order valence-electron chi connectivity index (χ0n) is 35.6. The highest BCUT2D eigenvalue weighted by Gasteiger charge is 2.60. The van der Waals surface area contributed by atoms with Crippen LogP contribution in [0.25, 0.3) is 5.32 Å². The van der Waals surface area contributed by atoms with Gasteiger partial charge in [-0.15, -0.1) is 17.8 Å². The second-order valence-electron chi connectivity index (χ2n) is 16.0. The van der Waals surface area contributed by atoms with Gasteiger partial charge in [0.2, 0.25) is 6.79 Å². The average Bonchev–Trinajstić information content (AvgIpc) is 3.76. The zero-order chi connectivity index (χ0) is 45.4. The number of esters is 2. The van der Waals surface area contributed by atoms with Gasteiger partial charge in [0.05, 0.1) is 44.9 Å². The fourth-order valence-electron chi connectivity index (χ4n) is 10.5. The molecule has 336 valence electrons. The first kappa shape index (κ1) is 43.1. The minimum Gasteiger partial charge on any atom is -0.649 e. The number of hydrogen-bond acceptors (Lipinski definition) is 18. The van der Waals surface area contributed by atoms with Crippen molar-refractivity contribution in [2.75, 3.05) is 39.9 Å². The molecule has 2 N–H and O–H groups in total. The molecule has 7 aliphatic rings. The van der Waals surface area contributed by atoms with E-state index in [0.717, 1.165) is 18.1 Å². The molecule has 19 heteroatoms. The third-order valence-corrected chi connectivity index (χ3v) is 14.4. The first-order valence-electron chi connectivity index (χ1n) is 20.4. The lowest BCUT2D eigenvalue weighted by molar-refractivity contribution is -0.213. The highest BCUT2D eigenvalue weighted by molar-refractivity contribution is 7.99. The van der Waals surface area contributed by atoms with E-state index in [0.29, 0.717) is 56.9 Å². The molecule has 7 aliphatic heterocycles. The molecule has 0 amide bonds. The number of hydrogen-bond donors (Lipinski definition) is 2. The van der Waals surface area contributed by atoms with Gasteiger partial charge in [0.1, 0.15) is 12.4 Å². The van der Waals surface area contributed by atoms with Crippen molar-refractivity contribution in [2.24, 2.45) is 0 Å². The largest absolute Gasteiger partial charge is 0.649 e. The Morgan fingerprint density at radius 1 is 1.03 bits per heavy atom. The van der Waals surface area contributed by atoms with E-state index in [-0.39, 0.29) is 60.9 Å². The first-order chi connectivity index (χ1) is 30.8. The Balaban J connectivity index is 1.31. The number of aryl methyl sites for hydroxylation is 1. The lowest BCUT2D eigenvalue weighted by Crippen LogP contribution is -2.65. The molecule has 8 atom stereocenters. The highest BCUT2D eigenvalue weighted by atomic mass is 32.2. The van der Waals surface area contributed by atoms with Crippen LogP contribution < -0.4 is 28.4 Å². The number of carbonyl (C=O) groups is 3. The third-order valence-electron chi connectivity index (χ3n) is 12.9. The minimum atomic E-state index is -1.86. The van der Waals surface area contributed by atoms with Crippen molar-refractivity contribution in [3.63, 3.8) is 0 Å². The van der Waals surface area contributed by atoms with Gasteiger partial charge in [0.25, 0.3) is 6.41 Å². The van der Waals surface area contributed by atoms with Crippen LogP contribution in [0.3, 0.4) is 0 Å². The molecule has 0 radical (unpaired) electrons. The number of ether oxygens (including phenoxy) is 9. The molecule has 2 saturated heterocycles. The summed E-state index contributed by atoms with van der Waals surface area (Å²) in [5.41, 5.74) is 2.63. The van der Waals surface area contributed by atoms with Crippen molar-refractivity contribution in [1.82, 2.24) is 9.80 Å². The summed E-state index contributed by atoms with van der Waals surface area (Å²) >= 11 is 1.28. The molecule has 4 bridgehead atoms. The number of rotatable bonds is 8. The molecule has 0 saturated carbocycles. The highest BCUT2D eigenvalue weighted by Crippen LogP contribution is 2.65. The van der Waals surface area contributed by atoms with Crippen molar-refractivity contribution in [2.45, 2.75) is 81.0 Å². The fraction of sp³-hybridized carbons (Fsp3) is 0.422. The summed E-state index contributed by atoms with van der Waals surface area (Å²) in [5, 5.41) is 39.4.